The highest BCUT2D eigenvalue weighted by Gasteiger charge is 2.27. The fraction of sp³-hybridized carbons (Fsp3) is 0.562. The first-order valence-electron chi connectivity index (χ1n) is 7.47. The van der Waals surface area contributed by atoms with Gasteiger partial charge in [0.15, 0.2) is 0 Å². The van der Waals surface area contributed by atoms with Crippen molar-refractivity contribution in [3.05, 3.63) is 18.2 Å². The molecule has 1 amide bonds. The van der Waals surface area contributed by atoms with Crippen LogP contribution in [0.5, 0.6) is 0 Å². The van der Waals surface area contributed by atoms with Crippen LogP contribution in [-0.4, -0.2) is 17.7 Å². The summed E-state index contributed by atoms with van der Waals surface area (Å²) in [7, 11) is 0. The summed E-state index contributed by atoms with van der Waals surface area (Å²) in [5.74, 6) is 2.03. The van der Waals surface area contributed by atoms with Crippen LogP contribution < -0.4 is 10.6 Å². The molecule has 3 rings (SSSR count). The molecule has 3 nitrogen and oxygen atoms in total. The molecule has 0 radical (unpaired) electrons. The highest BCUT2D eigenvalue weighted by Crippen LogP contribution is 2.36. The van der Waals surface area contributed by atoms with Crippen molar-refractivity contribution in [1.29, 1.82) is 0 Å². The molecule has 1 aromatic rings. The first-order chi connectivity index (χ1) is 9.63. The first kappa shape index (κ1) is 13.8. The molecule has 1 saturated carbocycles. The summed E-state index contributed by atoms with van der Waals surface area (Å²) < 4.78 is 0. The van der Waals surface area contributed by atoms with Crippen molar-refractivity contribution in [2.45, 2.75) is 44.0 Å². The maximum Gasteiger partial charge on any atom is 0.234 e. The molecule has 108 valence electrons. The van der Waals surface area contributed by atoms with E-state index in [1.54, 1.807) is 11.8 Å². The largest absolute Gasteiger partial charge is 0.382 e. The summed E-state index contributed by atoms with van der Waals surface area (Å²) >= 11 is 1.61. The Morgan fingerprint density at radius 2 is 2.00 bits per heavy atom. The Kier molecular flexibility index (Phi) is 3.92. The fourth-order valence-electron chi connectivity index (χ4n) is 3.33. The van der Waals surface area contributed by atoms with E-state index in [0.717, 1.165) is 11.4 Å². The van der Waals surface area contributed by atoms with Gasteiger partial charge < -0.3 is 10.6 Å². The van der Waals surface area contributed by atoms with E-state index in [-0.39, 0.29) is 5.91 Å². The van der Waals surface area contributed by atoms with Gasteiger partial charge in [-0.15, -0.1) is 11.8 Å². The molecule has 0 aromatic heterocycles. The second-order valence-electron chi connectivity index (χ2n) is 6.10. The predicted molar refractivity (Wildman–Crippen MR) is 85.4 cm³/mol. The molecule has 2 unspecified atom stereocenters. The topological polar surface area (TPSA) is 41.1 Å². The Balaban J connectivity index is 1.77. The summed E-state index contributed by atoms with van der Waals surface area (Å²) in [4.78, 5) is 12.6. The molecule has 20 heavy (non-hydrogen) atoms. The highest BCUT2D eigenvalue weighted by atomic mass is 32.2. The van der Waals surface area contributed by atoms with Gasteiger partial charge in [-0.25, -0.2) is 0 Å². The molecule has 1 fully saturated rings. The third kappa shape index (κ3) is 2.80. The molecule has 2 atom stereocenters. The third-order valence-corrected chi connectivity index (χ3v) is 5.56. The molecule has 2 N–H and O–H groups in total. The van der Waals surface area contributed by atoms with Gasteiger partial charge >= 0.3 is 0 Å². The van der Waals surface area contributed by atoms with Crippen LogP contribution in [0.2, 0.25) is 0 Å². The van der Waals surface area contributed by atoms with Crippen molar-refractivity contribution in [2.75, 3.05) is 16.4 Å². The SMILES string of the molecule is CC1CCCC(C)C1Nc1ccc2c(c1)NC(=O)CS2. The van der Waals surface area contributed by atoms with Gasteiger partial charge in [0.05, 0.1) is 11.4 Å². The molecule has 2 aliphatic rings. The number of anilines is 2. The molecule has 1 aromatic carbocycles. The number of carbonyl (C=O) groups is 1. The van der Waals surface area contributed by atoms with Crippen LogP contribution in [-0.2, 0) is 4.79 Å². The van der Waals surface area contributed by atoms with Gasteiger partial charge in [-0.1, -0.05) is 20.3 Å². The van der Waals surface area contributed by atoms with E-state index in [4.69, 9.17) is 0 Å². The molecule has 1 aliphatic carbocycles. The zero-order valence-electron chi connectivity index (χ0n) is 12.1. The van der Waals surface area contributed by atoms with Gasteiger partial charge in [0, 0.05) is 16.6 Å². The second kappa shape index (κ2) is 5.68. The van der Waals surface area contributed by atoms with Gasteiger partial charge in [0.25, 0.3) is 0 Å². The van der Waals surface area contributed by atoms with Gasteiger partial charge in [0.2, 0.25) is 5.91 Å². The number of fused-ring (bicyclic) bond motifs is 1. The number of amides is 1. The Morgan fingerprint density at radius 3 is 2.75 bits per heavy atom. The molecule has 0 saturated heterocycles. The lowest BCUT2D eigenvalue weighted by molar-refractivity contribution is -0.113. The van der Waals surface area contributed by atoms with Crippen LogP contribution in [0.1, 0.15) is 33.1 Å². The molecular weight excluding hydrogens is 268 g/mol. The van der Waals surface area contributed by atoms with Crippen LogP contribution in [0.25, 0.3) is 0 Å². The summed E-state index contributed by atoms with van der Waals surface area (Å²) in [6.07, 6.45) is 3.95. The van der Waals surface area contributed by atoms with Gasteiger partial charge in [-0.05, 0) is 42.9 Å². The van der Waals surface area contributed by atoms with Crippen molar-refractivity contribution < 1.29 is 4.79 Å². The van der Waals surface area contributed by atoms with Crippen molar-refractivity contribution in [3.63, 3.8) is 0 Å². The van der Waals surface area contributed by atoms with Crippen LogP contribution in [0.4, 0.5) is 11.4 Å². The normalized spacial score (nSPS) is 29.5. The summed E-state index contributed by atoms with van der Waals surface area (Å²) in [5, 5.41) is 6.64. The van der Waals surface area contributed by atoms with Crippen LogP contribution in [0.3, 0.4) is 0 Å². The van der Waals surface area contributed by atoms with E-state index in [1.165, 1.54) is 24.2 Å². The minimum absolute atomic E-state index is 0.0963. The summed E-state index contributed by atoms with van der Waals surface area (Å²) in [5.41, 5.74) is 2.07. The minimum atomic E-state index is 0.0963. The van der Waals surface area contributed by atoms with Crippen molar-refractivity contribution in [1.82, 2.24) is 0 Å². The third-order valence-electron chi connectivity index (χ3n) is 4.49. The molecule has 0 bridgehead atoms. The molecule has 0 spiro atoms. The van der Waals surface area contributed by atoms with Crippen molar-refractivity contribution in [2.24, 2.45) is 11.8 Å². The minimum Gasteiger partial charge on any atom is -0.382 e. The Hall–Kier alpha value is -1.16. The monoisotopic (exact) mass is 290 g/mol. The molecule has 1 heterocycles. The molecule has 4 heteroatoms. The second-order valence-corrected chi connectivity index (χ2v) is 7.12. The number of rotatable bonds is 2. The standard InChI is InChI=1S/C16H22N2OS/c1-10-4-3-5-11(2)16(10)17-12-6-7-14-13(8-12)18-15(19)9-20-14/h6-8,10-11,16-17H,3-5,9H2,1-2H3,(H,18,19). The van der Waals surface area contributed by atoms with E-state index < -0.39 is 0 Å². The summed E-state index contributed by atoms with van der Waals surface area (Å²) in [6.45, 7) is 4.67. The van der Waals surface area contributed by atoms with E-state index in [1.807, 2.05) is 0 Å². The Morgan fingerprint density at radius 1 is 1.25 bits per heavy atom. The van der Waals surface area contributed by atoms with E-state index in [9.17, 15) is 4.79 Å². The Bertz CT molecular complexity index is 507. The zero-order valence-corrected chi connectivity index (χ0v) is 12.9. The van der Waals surface area contributed by atoms with Crippen LogP contribution >= 0.6 is 11.8 Å². The van der Waals surface area contributed by atoms with E-state index in [0.29, 0.717) is 23.6 Å². The quantitative estimate of drug-likeness (QED) is 0.866. The van der Waals surface area contributed by atoms with E-state index >= 15 is 0 Å². The Labute approximate surface area is 124 Å². The number of hydrogen-bond acceptors (Lipinski definition) is 3. The fourth-order valence-corrected chi connectivity index (χ4v) is 4.12. The zero-order chi connectivity index (χ0) is 14.1. The van der Waals surface area contributed by atoms with E-state index in [2.05, 4.69) is 42.7 Å². The van der Waals surface area contributed by atoms with Gasteiger partial charge in [-0.2, -0.15) is 0 Å². The number of nitrogens with one attached hydrogen (secondary N) is 2. The number of thioether (sulfide) groups is 1. The predicted octanol–water partition coefficient (Wildman–Crippen LogP) is 3.97. The average Bonchev–Trinajstić information content (AvgIpc) is 2.42. The lowest BCUT2D eigenvalue weighted by Crippen LogP contribution is -2.37. The maximum atomic E-state index is 11.5. The lowest BCUT2D eigenvalue weighted by atomic mass is 9.78. The summed E-state index contributed by atoms with van der Waals surface area (Å²) in [6, 6.07) is 6.86. The average molecular weight is 290 g/mol. The maximum absolute atomic E-state index is 11.5. The first-order valence-corrected chi connectivity index (χ1v) is 8.45. The van der Waals surface area contributed by atoms with Crippen molar-refractivity contribution in [3.8, 4) is 0 Å². The van der Waals surface area contributed by atoms with Gasteiger partial charge in [-0.3, -0.25) is 4.79 Å². The smallest absolute Gasteiger partial charge is 0.234 e. The molecule has 1 aliphatic heterocycles. The number of benzene rings is 1. The van der Waals surface area contributed by atoms with Crippen molar-refractivity contribution >= 4 is 29.0 Å². The van der Waals surface area contributed by atoms with Crippen LogP contribution in [0.15, 0.2) is 23.1 Å². The highest BCUT2D eigenvalue weighted by molar-refractivity contribution is 8.00. The van der Waals surface area contributed by atoms with Gasteiger partial charge in [0.1, 0.15) is 0 Å². The van der Waals surface area contributed by atoms with Crippen LogP contribution in [0, 0.1) is 11.8 Å². The lowest BCUT2D eigenvalue weighted by Gasteiger charge is -2.36. The molecular formula is C16H22N2OS. The number of hydrogen-bond donors (Lipinski definition) is 2. The number of carbonyl (C=O) groups excluding carboxylic acids is 1.